The van der Waals surface area contributed by atoms with Crippen LogP contribution in [0, 0.1) is 13.8 Å². The van der Waals surface area contributed by atoms with Crippen molar-refractivity contribution in [3.63, 3.8) is 0 Å². The first kappa shape index (κ1) is 19.8. The molecule has 1 amide bonds. The van der Waals surface area contributed by atoms with Gasteiger partial charge in [-0.1, -0.05) is 17.7 Å². The van der Waals surface area contributed by atoms with Crippen molar-refractivity contribution in [2.75, 3.05) is 0 Å². The second kappa shape index (κ2) is 8.26. The van der Waals surface area contributed by atoms with Crippen molar-refractivity contribution in [1.82, 2.24) is 9.88 Å². The van der Waals surface area contributed by atoms with Gasteiger partial charge in [0.25, 0.3) is 5.91 Å². The number of rotatable bonds is 3. The minimum Gasteiger partial charge on any atom is -0.349 e. The van der Waals surface area contributed by atoms with Crippen molar-refractivity contribution >= 4 is 29.9 Å². The molecule has 0 unspecified atom stereocenters. The van der Waals surface area contributed by atoms with Crippen molar-refractivity contribution in [3.05, 3.63) is 52.3 Å². The highest BCUT2D eigenvalue weighted by atomic mass is 35.5. The molecule has 25 heavy (non-hydrogen) atoms. The summed E-state index contributed by atoms with van der Waals surface area (Å²) >= 11 is 6.11. The van der Waals surface area contributed by atoms with Gasteiger partial charge >= 0.3 is 0 Å². The van der Waals surface area contributed by atoms with Crippen LogP contribution >= 0.6 is 24.0 Å². The van der Waals surface area contributed by atoms with Gasteiger partial charge in [0.05, 0.1) is 5.56 Å². The van der Waals surface area contributed by atoms with Crippen LogP contribution in [0.25, 0.3) is 5.69 Å². The summed E-state index contributed by atoms with van der Waals surface area (Å²) in [7, 11) is 0. The highest BCUT2D eigenvalue weighted by molar-refractivity contribution is 6.30. The SMILES string of the molecule is Cc1cc(C(=O)NC2CCC(N)CC2)c(C)n1-c1cccc(Cl)c1.Cl. The van der Waals surface area contributed by atoms with Crippen LogP contribution in [-0.2, 0) is 0 Å². The number of hydrogen-bond acceptors (Lipinski definition) is 2. The summed E-state index contributed by atoms with van der Waals surface area (Å²) in [5, 5.41) is 3.85. The molecule has 3 rings (SSSR count). The van der Waals surface area contributed by atoms with Gasteiger partial charge in [0.15, 0.2) is 0 Å². The molecule has 0 spiro atoms. The lowest BCUT2D eigenvalue weighted by molar-refractivity contribution is 0.0925. The van der Waals surface area contributed by atoms with Crippen LogP contribution < -0.4 is 11.1 Å². The number of aromatic nitrogens is 1. The molecule has 1 aliphatic carbocycles. The quantitative estimate of drug-likeness (QED) is 0.837. The Hall–Kier alpha value is -1.49. The Labute approximate surface area is 160 Å². The number of carbonyl (C=O) groups is 1. The van der Waals surface area contributed by atoms with E-state index in [0.29, 0.717) is 5.02 Å². The molecule has 6 heteroatoms. The highest BCUT2D eigenvalue weighted by Gasteiger charge is 2.23. The number of halogens is 2. The number of amides is 1. The number of benzene rings is 1. The summed E-state index contributed by atoms with van der Waals surface area (Å²) in [5.74, 6) is -0.00292. The molecule has 0 aliphatic heterocycles. The minimum atomic E-state index is -0.00292. The van der Waals surface area contributed by atoms with E-state index >= 15 is 0 Å². The number of nitrogens with one attached hydrogen (secondary N) is 1. The summed E-state index contributed by atoms with van der Waals surface area (Å²) in [6, 6.07) is 10.1. The fourth-order valence-electron chi connectivity index (χ4n) is 3.53. The van der Waals surface area contributed by atoms with Gasteiger partial charge in [-0.3, -0.25) is 4.79 Å². The Morgan fingerprint density at radius 3 is 2.52 bits per heavy atom. The molecule has 1 heterocycles. The van der Waals surface area contributed by atoms with Crippen LogP contribution in [0.2, 0.25) is 5.02 Å². The van der Waals surface area contributed by atoms with Crippen LogP contribution in [0.5, 0.6) is 0 Å². The monoisotopic (exact) mass is 381 g/mol. The summed E-state index contributed by atoms with van der Waals surface area (Å²) < 4.78 is 2.07. The van der Waals surface area contributed by atoms with E-state index < -0.39 is 0 Å². The summed E-state index contributed by atoms with van der Waals surface area (Å²) in [6.45, 7) is 3.98. The van der Waals surface area contributed by atoms with Crippen molar-refractivity contribution in [3.8, 4) is 5.69 Å². The van der Waals surface area contributed by atoms with Crippen molar-refractivity contribution in [2.45, 2.75) is 51.6 Å². The second-order valence-electron chi connectivity index (χ2n) is 6.69. The van der Waals surface area contributed by atoms with Gasteiger partial charge in [-0.05, 0) is 63.8 Å². The van der Waals surface area contributed by atoms with Gasteiger partial charge in [0.1, 0.15) is 0 Å². The standard InChI is InChI=1S/C19H24ClN3O.ClH/c1-12-10-18(19(24)22-16-8-6-15(21)7-9-16)13(2)23(12)17-5-3-4-14(20)11-17;/h3-5,10-11,15-16H,6-9,21H2,1-2H3,(H,22,24);1H. The maximum Gasteiger partial charge on any atom is 0.253 e. The lowest BCUT2D eigenvalue weighted by Crippen LogP contribution is -2.40. The van der Waals surface area contributed by atoms with Crippen molar-refractivity contribution < 1.29 is 4.79 Å². The van der Waals surface area contributed by atoms with E-state index in [0.717, 1.165) is 48.3 Å². The molecule has 0 saturated heterocycles. The van der Waals surface area contributed by atoms with Gasteiger partial charge in [-0.2, -0.15) is 0 Å². The zero-order valence-electron chi connectivity index (χ0n) is 14.6. The molecule has 1 saturated carbocycles. The normalized spacial score (nSPS) is 20.0. The molecule has 4 nitrogen and oxygen atoms in total. The molecule has 1 aromatic carbocycles. The Bertz CT molecular complexity index is 749. The van der Waals surface area contributed by atoms with Gasteiger partial charge in [0.2, 0.25) is 0 Å². The number of nitrogens with two attached hydrogens (primary N) is 1. The van der Waals surface area contributed by atoms with Crippen LogP contribution in [0.1, 0.15) is 47.4 Å². The van der Waals surface area contributed by atoms with E-state index in [1.807, 2.05) is 44.2 Å². The second-order valence-corrected chi connectivity index (χ2v) is 7.12. The molecule has 0 radical (unpaired) electrons. The first-order chi connectivity index (χ1) is 11.5. The van der Waals surface area contributed by atoms with E-state index in [1.165, 1.54) is 0 Å². The molecular weight excluding hydrogens is 357 g/mol. The fourth-order valence-corrected chi connectivity index (χ4v) is 3.72. The molecule has 0 bridgehead atoms. The van der Waals surface area contributed by atoms with Crippen molar-refractivity contribution in [2.24, 2.45) is 5.73 Å². The summed E-state index contributed by atoms with van der Waals surface area (Å²) in [5.41, 5.74) is 9.58. The van der Waals surface area contributed by atoms with E-state index in [2.05, 4.69) is 9.88 Å². The van der Waals surface area contributed by atoms with Gasteiger partial charge < -0.3 is 15.6 Å². The largest absolute Gasteiger partial charge is 0.349 e. The first-order valence-corrected chi connectivity index (χ1v) is 8.85. The Morgan fingerprint density at radius 2 is 1.88 bits per heavy atom. The predicted octanol–water partition coefficient (Wildman–Crippen LogP) is 4.17. The van der Waals surface area contributed by atoms with E-state index in [-0.39, 0.29) is 30.4 Å². The number of carbonyl (C=O) groups excluding carboxylic acids is 1. The van der Waals surface area contributed by atoms with Gasteiger partial charge in [-0.15, -0.1) is 12.4 Å². The third kappa shape index (κ3) is 4.38. The molecule has 0 atom stereocenters. The van der Waals surface area contributed by atoms with Crippen LogP contribution in [0.3, 0.4) is 0 Å². The summed E-state index contributed by atoms with van der Waals surface area (Å²) in [6.07, 6.45) is 3.87. The van der Waals surface area contributed by atoms with E-state index in [9.17, 15) is 4.79 Å². The first-order valence-electron chi connectivity index (χ1n) is 8.47. The lowest BCUT2D eigenvalue weighted by Gasteiger charge is -2.26. The smallest absolute Gasteiger partial charge is 0.253 e. The Kier molecular flexibility index (Phi) is 6.55. The third-order valence-electron chi connectivity index (χ3n) is 4.85. The predicted molar refractivity (Wildman–Crippen MR) is 105 cm³/mol. The molecule has 1 fully saturated rings. The van der Waals surface area contributed by atoms with Crippen LogP contribution in [-0.4, -0.2) is 22.6 Å². The molecule has 1 aromatic heterocycles. The third-order valence-corrected chi connectivity index (χ3v) is 5.08. The number of nitrogens with zero attached hydrogens (tertiary/aromatic N) is 1. The summed E-state index contributed by atoms with van der Waals surface area (Å²) in [4.78, 5) is 12.7. The average Bonchev–Trinajstić information content (AvgIpc) is 2.84. The maximum absolute atomic E-state index is 12.7. The molecule has 3 N–H and O–H groups in total. The Morgan fingerprint density at radius 1 is 1.20 bits per heavy atom. The van der Waals surface area contributed by atoms with Crippen LogP contribution in [0.15, 0.2) is 30.3 Å². The number of hydrogen-bond donors (Lipinski definition) is 2. The lowest BCUT2D eigenvalue weighted by atomic mass is 9.91. The Balaban J connectivity index is 0.00000225. The fraction of sp³-hybridized carbons (Fsp3) is 0.421. The molecule has 1 aliphatic rings. The zero-order chi connectivity index (χ0) is 17.3. The molecule has 2 aromatic rings. The minimum absolute atomic E-state index is 0. The van der Waals surface area contributed by atoms with Gasteiger partial charge in [-0.25, -0.2) is 0 Å². The van der Waals surface area contributed by atoms with E-state index in [1.54, 1.807) is 0 Å². The highest BCUT2D eigenvalue weighted by Crippen LogP contribution is 2.24. The molecule has 136 valence electrons. The van der Waals surface area contributed by atoms with E-state index in [4.69, 9.17) is 17.3 Å². The number of aryl methyl sites for hydroxylation is 1. The zero-order valence-corrected chi connectivity index (χ0v) is 16.2. The maximum atomic E-state index is 12.7. The van der Waals surface area contributed by atoms with Crippen molar-refractivity contribution in [1.29, 1.82) is 0 Å². The average molecular weight is 382 g/mol. The van der Waals surface area contributed by atoms with Crippen LogP contribution in [0.4, 0.5) is 0 Å². The van der Waals surface area contributed by atoms with Gasteiger partial charge in [0, 0.05) is 34.2 Å². The molecular formula is C19H25Cl2N3O. The topological polar surface area (TPSA) is 60.1 Å².